The fourth-order valence-electron chi connectivity index (χ4n) is 2.96. The van der Waals surface area contributed by atoms with E-state index in [9.17, 15) is 9.50 Å². The van der Waals surface area contributed by atoms with Gasteiger partial charge < -0.3 is 5.11 Å². The van der Waals surface area contributed by atoms with E-state index >= 15 is 0 Å². The average Bonchev–Trinajstić information content (AvgIpc) is 2.31. The lowest BCUT2D eigenvalue weighted by Crippen LogP contribution is -2.43. The molecule has 1 nitrogen and oxygen atoms in total. The fourth-order valence-corrected chi connectivity index (χ4v) is 3.15. The summed E-state index contributed by atoms with van der Waals surface area (Å²) in [4.78, 5) is 0. The summed E-state index contributed by atoms with van der Waals surface area (Å²) in [6, 6.07) is 4.80. The van der Waals surface area contributed by atoms with Crippen molar-refractivity contribution in [2.75, 3.05) is 0 Å². The third kappa shape index (κ3) is 2.70. The van der Waals surface area contributed by atoms with Gasteiger partial charge in [0.1, 0.15) is 5.82 Å². The number of halogens is 2. The molecular formula is C15H20ClFO. The van der Waals surface area contributed by atoms with Crippen molar-refractivity contribution in [3.63, 3.8) is 0 Å². The monoisotopic (exact) mass is 270 g/mol. The van der Waals surface area contributed by atoms with Crippen molar-refractivity contribution in [2.24, 2.45) is 11.8 Å². The number of hydrogen-bond acceptors (Lipinski definition) is 1. The second-order valence-electron chi connectivity index (χ2n) is 5.77. The lowest BCUT2D eigenvalue weighted by molar-refractivity contribution is -0.0522. The van der Waals surface area contributed by atoms with Crippen molar-refractivity contribution in [3.05, 3.63) is 34.6 Å². The summed E-state index contributed by atoms with van der Waals surface area (Å²) in [6.07, 6.45) is 3.25. The zero-order valence-electron chi connectivity index (χ0n) is 10.9. The Balaban J connectivity index is 2.20. The highest BCUT2D eigenvalue weighted by Gasteiger charge is 2.38. The van der Waals surface area contributed by atoms with Gasteiger partial charge in [-0.05, 0) is 42.7 Å². The summed E-state index contributed by atoms with van der Waals surface area (Å²) < 4.78 is 13.4. The van der Waals surface area contributed by atoms with Crippen LogP contribution >= 0.6 is 11.6 Å². The van der Waals surface area contributed by atoms with E-state index in [4.69, 9.17) is 11.6 Å². The van der Waals surface area contributed by atoms with E-state index in [1.165, 1.54) is 6.07 Å². The molecule has 2 rings (SSSR count). The van der Waals surface area contributed by atoms with Crippen LogP contribution in [-0.4, -0.2) is 10.7 Å². The Hall–Kier alpha value is -0.600. The van der Waals surface area contributed by atoms with Crippen LogP contribution in [-0.2, 0) is 6.42 Å². The predicted molar refractivity (Wildman–Crippen MR) is 72.2 cm³/mol. The first-order valence-corrected chi connectivity index (χ1v) is 6.95. The van der Waals surface area contributed by atoms with Gasteiger partial charge in [-0.1, -0.05) is 37.6 Å². The molecule has 3 unspecified atom stereocenters. The molecule has 0 amide bonds. The zero-order chi connectivity index (χ0) is 13.3. The second-order valence-corrected chi connectivity index (χ2v) is 6.15. The molecule has 0 bridgehead atoms. The minimum Gasteiger partial charge on any atom is -0.389 e. The quantitative estimate of drug-likeness (QED) is 0.854. The summed E-state index contributed by atoms with van der Waals surface area (Å²) in [7, 11) is 0. The maximum atomic E-state index is 13.4. The van der Waals surface area contributed by atoms with Crippen molar-refractivity contribution in [2.45, 2.75) is 45.1 Å². The lowest BCUT2D eigenvalue weighted by atomic mass is 9.70. The van der Waals surface area contributed by atoms with E-state index < -0.39 is 11.4 Å². The maximum Gasteiger partial charge on any atom is 0.142 e. The molecule has 3 atom stereocenters. The highest BCUT2D eigenvalue weighted by atomic mass is 35.5. The number of rotatable bonds is 2. The van der Waals surface area contributed by atoms with Gasteiger partial charge >= 0.3 is 0 Å². The molecule has 1 N–H and O–H groups in total. The molecular weight excluding hydrogens is 251 g/mol. The van der Waals surface area contributed by atoms with Crippen LogP contribution in [0.25, 0.3) is 0 Å². The third-order valence-corrected chi connectivity index (χ3v) is 4.69. The average molecular weight is 271 g/mol. The number of hydrogen-bond donors (Lipinski definition) is 1. The first-order valence-electron chi connectivity index (χ1n) is 6.57. The van der Waals surface area contributed by atoms with Gasteiger partial charge in [0, 0.05) is 6.42 Å². The van der Waals surface area contributed by atoms with Crippen molar-refractivity contribution < 1.29 is 9.50 Å². The van der Waals surface area contributed by atoms with Crippen LogP contribution < -0.4 is 0 Å². The third-order valence-electron chi connectivity index (χ3n) is 4.27. The molecule has 0 aliphatic heterocycles. The smallest absolute Gasteiger partial charge is 0.142 e. The van der Waals surface area contributed by atoms with Gasteiger partial charge in [-0.15, -0.1) is 0 Å². The van der Waals surface area contributed by atoms with E-state index in [1.54, 1.807) is 12.1 Å². The van der Waals surface area contributed by atoms with Crippen molar-refractivity contribution in [3.8, 4) is 0 Å². The Labute approximate surface area is 113 Å². The summed E-state index contributed by atoms with van der Waals surface area (Å²) in [5.41, 5.74) is -0.0372. The summed E-state index contributed by atoms with van der Waals surface area (Å²) >= 11 is 5.96. The molecule has 18 heavy (non-hydrogen) atoms. The Kier molecular flexibility index (Phi) is 3.98. The van der Waals surface area contributed by atoms with Gasteiger partial charge in [0.2, 0.25) is 0 Å². The maximum absolute atomic E-state index is 13.4. The van der Waals surface area contributed by atoms with Crippen molar-refractivity contribution in [1.29, 1.82) is 0 Å². The van der Waals surface area contributed by atoms with Crippen molar-refractivity contribution in [1.82, 2.24) is 0 Å². The highest BCUT2D eigenvalue weighted by molar-refractivity contribution is 6.31. The molecule has 1 saturated carbocycles. The Morgan fingerprint density at radius 3 is 2.83 bits per heavy atom. The van der Waals surface area contributed by atoms with E-state index in [0.717, 1.165) is 19.3 Å². The fraction of sp³-hybridized carbons (Fsp3) is 0.600. The molecule has 0 radical (unpaired) electrons. The van der Waals surface area contributed by atoms with Gasteiger partial charge in [0.05, 0.1) is 10.6 Å². The van der Waals surface area contributed by atoms with E-state index in [-0.39, 0.29) is 10.9 Å². The Bertz CT molecular complexity index is 435. The zero-order valence-corrected chi connectivity index (χ0v) is 11.7. The highest BCUT2D eigenvalue weighted by Crippen LogP contribution is 2.39. The van der Waals surface area contributed by atoms with Crippen LogP contribution in [0.1, 0.15) is 38.7 Å². The first kappa shape index (κ1) is 13.8. The molecule has 1 aliphatic carbocycles. The summed E-state index contributed by atoms with van der Waals surface area (Å²) in [5.74, 6) is 0.471. The molecule has 1 aromatic carbocycles. The SMILES string of the molecule is CC1CCC(O)(Cc2cccc(F)c2Cl)C(C)C1. The minimum absolute atomic E-state index is 0.150. The first-order chi connectivity index (χ1) is 8.42. The van der Waals surface area contributed by atoms with Gasteiger partial charge in [-0.2, -0.15) is 0 Å². The standard InChI is InChI=1S/C15H20ClFO/c1-10-6-7-15(18,11(2)8-10)9-12-4-3-5-13(17)14(12)16/h3-5,10-11,18H,6-9H2,1-2H3. The normalized spacial score (nSPS) is 32.5. The van der Waals surface area contributed by atoms with Gasteiger partial charge in [-0.3, -0.25) is 0 Å². The molecule has 0 heterocycles. The van der Waals surface area contributed by atoms with Crippen molar-refractivity contribution >= 4 is 11.6 Å². The van der Waals surface area contributed by atoms with Gasteiger partial charge in [-0.25, -0.2) is 4.39 Å². The molecule has 1 aliphatic rings. The van der Waals surface area contributed by atoms with Gasteiger partial charge in [0.25, 0.3) is 0 Å². The molecule has 1 aromatic rings. The molecule has 3 heteroatoms. The molecule has 0 aromatic heterocycles. The van der Waals surface area contributed by atoms with Gasteiger partial charge in [0.15, 0.2) is 0 Å². The van der Waals surface area contributed by atoms with E-state index in [1.807, 2.05) is 0 Å². The summed E-state index contributed by atoms with van der Waals surface area (Å²) in [6.45, 7) is 4.29. The Morgan fingerprint density at radius 2 is 2.17 bits per heavy atom. The number of benzene rings is 1. The summed E-state index contributed by atoms with van der Waals surface area (Å²) in [5, 5.41) is 10.9. The van der Waals surface area contributed by atoms with Crippen LogP contribution in [0.3, 0.4) is 0 Å². The Morgan fingerprint density at radius 1 is 1.44 bits per heavy atom. The number of aliphatic hydroxyl groups is 1. The molecule has 0 saturated heterocycles. The predicted octanol–water partition coefficient (Wildman–Crippen LogP) is 4.21. The van der Waals surface area contributed by atoms with Crippen LogP contribution in [0.15, 0.2) is 18.2 Å². The second kappa shape index (κ2) is 5.18. The topological polar surface area (TPSA) is 20.2 Å². The molecule has 0 spiro atoms. The van der Waals surface area contributed by atoms with E-state index in [2.05, 4.69) is 13.8 Å². The molecule has 100 valence electrons. The van der Waals surface area contributed by atoms with Crippen LogP contribution in [0.4, 0.5) is 4.39 Å². The largest absolute Gasteiger partial charge is 0.389 e. The minimum atomic E-state index is -0.746. The lowest BCUT2D eigenvalue weighted by Gasteiger charge is -2.41. The molecule has 1 fully saturated rings. The van der Waals surface area contributed by atoms with Crippen LogP contribution in [0.5, 0.6) is 0 Å². The van der Waals surface area contributed by atoms with E-state index in [0.29, 0.717) is 17.9 Å². The van der Waals surface area contributed by atoms with Crippen LogP contribution in [0.2, 0.25) is 5.02 Å². The van der Waals surface area contributed by atoms with Crippen LogP contribution in [0, 0.1) is 17.7 Å².